The van der Waals surface area contributed by atoms with Gasteiger partial charge in [-0.15, -0.1) is 0 Å². The average Bonchev–Trinajstić information content (AvgIpc) is 2.94. The largest absolute Gasteiger partial charge is 0.505 e. The maximum absolute atomic E-state index is 14.3. The van der Waals surface area contributed by atoms with Gasteiger partial charge in [-0.25, -0.2) is 14.0 Å². The first-order valence-corrected chi connectivity index (χ1v) is 13.7. The fourth-order valence-electron chi connectivity index (χ4n) is 5.04. The first kappa shape index (κ1) is 32.5. The molecule has 0 saturated carbocycles. The summed E-state index contributed by atoms with van der Waals surface area (Å²) < 4.78 is 42.1. The minimum Gasteiger partial charge on any atom is -0.505 e. The normalized spacial score (nSPS) is 21.0. The van der Waals surface area contributed by atoms with Crippen LogP contribution in [0.15, 0.2) is 51.2 Å². The van der Waals surface area contributed by atoms with Gasteiger partial charge in [0.15, 0.2) is 23.6 Å². The molecule has 0 radical (unpaired) electrons. The number of allylic oxidation sites excluding steroid dienone is 2. The number of aliphatic hydroxyl groups is 1. The van der Waals surface area contributed by atoms with Crippen molar-refractivity contribution >= 4 is 28.7 Å². The number of aryl methyl sites for hydroxylation is 1. The number of halogens is 1. The Balaban J connectivity index is 1.63. The van der Waals surface area contributed by atoms with E-state index in [-0.39, 0.29) is 39.8 Å². The standard InChI is InChI=1S/C31H35FN2O10/c1-14(2)7-8-16-13-17(9-11-19(16)32)27(37)34-21-22(35)18-10-12-20(15(3)24(18)42-28(21)38)41-29-23(36)25(43-30(33)39)26(40-6)31(4,5)44-29/h7,9-13,23,25-26,29,35-36H,8H2,1-6H3,(H2,33,39)(H,34,37)/t23-,25+,26-,29-/m1/s1. The van der Waals surface area contributed by atoms with Gasteiger partial charge in [-0.05, 0) is 76.9 Å². The average molecular weight is 615 g/mol. The fraction of sp³-hybridized carbons (Fsp3) is 0.387. The topological polar surface area (TPSA) is 180 Å². The summed E-state index contributed by atoms with van der Waals surface area (Å²) in [6.07, 6.45) is -4.05. The minimum absolute atomic E-state index is 0.0574. The summed E-state index contributed by atoms with van der Waals surface area (Å²) in [7, 11) is 1.36. The first-order valence-electron chi connectivity index (χ1n) is 13.7. The lowest BCUT2D eigenvalue weighted by Crippen LogP contribution is -2.65. The number of benzene rings is 2. The van der Waals surface area contributed by atoms with E-state index >= 15 is 0 Å². The van der Waals surface area contributed by atoms with Crippen LogP contribution >= 0.6 is 0 Å². The Morgan fingerprint density at radius 1 is 1.20 bits per heavy atom. The molecule has 12 nitrogen and oxygen atoms in total. The molecule has 4 atom stereocenters. The molecule has 3 aromatic rings. The van der Waals surface area contributed by atoms with Crippen LogP contribution in [0.25, 0.3) is 11.0 Å². The molecule has 1 aliphatic rings. The molecule has 1 saturated heterocycles. The third-order valence-electron chi connectivity index (χ3n) is 7.29. The Labute approximate surface area is 252 Å². The number of nitrogens with one attached hydrogen (secondary N) is 1. The maximum atomic E-state index is 14.3. The molecular weight excluding hydrogens is 579 g/mol. The zero-order chi connectivity index (χ0) is 32.5. The second-order valence-corrected chi connectivity index (χ2v) is 11.2. The zero-order valence-electron chi connectivity index (χ0n) is 25.1. The number of carbonyl (C=O) groups is 2. The van der Waals surface area contributed by atoms with Crippen molar-refractivity contribution in [3.63, 3.8) is 0 Å². The van der Waals surface area contributed by atoms with Gasteiger partial charge in [-0.2, -0.15) is 0 Å². The highest BCUT2D eigenvalue weighted by atomic mass is 19.1. The van der Waals surface area contributed by atoms with Crippen molar-refractivity contribution in [1.29, 1.82) is 0 Å². The summed E-state index contributed by atoms with van der Waals surface area (Å²) in [6.45, 7) is 8.58. The van der Waals surface area contributed by atoms with Crippen molar-refractivity contribution in [2.45, 2.75) is 71.2 Å². The van der Waals surface area contributed by atoms with Crippen molar-refractivity contribution in [3.8, 4) is 11.5 Å². The molecule has 0 bridgehead atoms. The summed E-state index contributed by atoms with van der Waals surface area (Å²) in [5, 5.41) is 24.3. The van der Waals surface area contributed by atoms with Crippen LogP contribution in [0.1, 0.15) is 49.2 Å². The highest BCUT2D eigenvalue weighted by Gasteiger charge is 2.53. The zero-order valence-corrected chi connectivity index (χ0v) is 25.1. The van der Waals surface area contributed by atoms with E-state index in [1.165, 1.54) is 31.4 Å². The molecule has 0 unspecified atom stereocenters. The second-order valence-electron chi connectivity index (χ2n) is 11.2. The molecule has 236 valence electrons. The predicted molar refractivity (Wildman–Crippen MR) is 157 cm³/mol. The minimum atomic E-state index is -1.53. The summed E-state index contributed by atoms with van der Waals surface area (Å²) in [5.41, 5.74) is 4.08. The third kappa shape index (κ3) is 6.54. The Morgan fingerprint density at radius 3 is 2.55 bits per heavy atom. The van der Waals surface area contributed by atoms with Crippen LogP contribution in [0.4, 0.5) is 14.9 Å². The van der Waals surface area contributed by atoms with E-state index in [9.17, 15) is 29.0 Å². The first-order chi connectivity index (χ1) is 20.6. The van der Waals surface area contributed by atoms with E-state index in [0.29, 0.717) is 0 Å². The number of primary amides is 1. The molecule has 4 rings (SSSR count). The van der Waals surface area contributed by atoms with E-state index in [0.717, 1.165) is 11.6 Å². The van der Waals surface area contributed by atoms with E-state index in [4.69, 9.17) is 29.1 Å². The monoisotopic (exact) mass is 614 g/mol. The molecule has 2 heterocycles. The van der Waals surface area contributed by atoms with Gasteiger partial charge in [0.1, 0.15) is 23.3 Å². The Hall–Kier alpha value is -4.46. The van der Waals surface area contributed by atoms with Gasteiger partial charge in [0.25, 0.3) is 5.91 Å². The van der Waals surface area contributed by atoms with Crippen LogP contribution in [-0.2, 0) is 20.6 Å². The number of hydrogen-bond donors (Lipinski definition) is 4. The Kier molecular flexibility index (Phi) is 9.33. The number of aliphatic hydroxyl groups excluding tert-OH is 1. The molecule has 1 aliphatic heterocycles. The number of rotatable bonds is 8. The number of fused-ring (bicyclic) bond motifs is 1. The van der Waals surface area contributed by atoms with Crippen LogP contribution in [-0.4, -0.2) is 59.5 Å². The van der Waals surface area contributed by atoms with Crippen LogP contribution in [0.2, 0.25) is 0 Å². The number of ether oxygens (including phenoxy) is 4. The van der Waals surface area contributed by atoms with Crippen LogP contribution in [0, 0.1) is 12.7 Å². The van der Waals surface area contributed by atoms with Gasteiger partial charge in [0.2, 0.25) is 6.29 Å². The second kappa shape index (κ2) is 12.6. The molecule has 1 fully saturated rings. The molecule has 13 heteroatoms. The molecule has 2 amide bonds. The summed E-state index contributed by atoms with van der Waals surface area (Å²) >= 11 is 0. The molecule has 44 heavy (non-hydrogen) atoms. The fourth-order valence-corrected chi connectivity index (χ4v) is 5.04. The SMILES string of the molecule is CO[C@@H]1[C@@H](OC(N)=O)[C@@H](O)[C@H](Oc2ccc3c(O)c(NC(=O)c4ccc(F)c(CC=C(C)C)c4)c(=O)oc3c2C)OC1(C)C. The van der Waals surface area contributed by atoms with Crippen molar-refractivity contribution in [3.05, 3.63) is 74.9 Å². The third-order valence-corrected chi connectivity index (χ3v) is 7.29. The smallest absolute Gasteiger partial charge is 0.404 e. The van der Waals surface area contributed by atoms with Crippen LogP contribution in [0.3, 0.4) is 0 Å². The molecule has 0 aliphatic carbocycles. The van der Waals surface area contributed by atoms with Gasteiger partial charge >= 0.3 is 11.7 Å². The number of nitrogens with two attached hydrogens (primary N) is 1. The highest BCUT2D eigenvalue weighted by Crippen LogP contribution is 2.38. The van der Waals surface area contributed by atoms with E-state index in [1.54, 1.807) is 20.8 Å². The molecular formula is C31H35FN2O10. The van der Waals surface area contributed by atoms with E-state index < -0.39 is 65.1 Å². The van der Waals surface area contributed by atoms with Crippen molar-refractivity contribution in [2.24, 2.45) is 5.73 Å². The Morgan fingerprint density at radius 2 is 1.91 bits per heavy atom. The van der Waals surface area contributed by atoms with E-state index in [1.807, 2.05) is 19.9 Å². The van der Waals surface area contributed by atoms with Gasteiger partial charge in [-0.3, -0.25) is 4.79 Å². The van der Waals surface area contributed by atoms with Crippen LogP contribution < -0.4 is 21.4 Å². The quantitative estimate of drug-likeness (QED) is 0.213. The van der Waals surface area contributed by atoms with Crippen molar-refractivity contribution < 1.29 is 47.6 Å². The summed E-state index contributed by atoms with van der Waals surface area (Å²) in [5.74, 6) is -1.68. The number of hydrogen-bond acceptors (Lipinski definition) is 10. The molecule has 2 aromatic carbocycles. The van der Waals surface area contributed by atoms with Gasteiger partial charge in [0.05, 0.1) is 11.0 Å². The number of amides is 2. The van der Waals surface area contributed by atoms with Gasteiger partial charge < -0.3 is 44.6 Å². The summed E-state index contributed by atoms with van der Waals surface area (Å²) in [6, 6.07) is 6.61. The molecule has 1 aromatic heterocycles. The summed E-state index contributed by atoms with van der Waals surface area (Å²) in [4.78, 5) is 37.4. The van der Waals surface area contributed by atoms with Gasteiger partial charge in [-0.1, -0.05) is 11.6 Å². The highest BCUT2D eigenvalue weighted by molar-refractivity contribution is 6.06. The predicted octanol–water partition coefficient (Wildman–Crippen LogP) is 4.06. The van der Waals surface area contributed by atoms with E-state index in [2.05, 4.69) is 5.32 Å². The number of methoxy groups -OCH3 is 1. The van der Waals surface area contributed by atoms with Crippen LogP contribution in [0.5, 0.6) is 11.5 Å². The lowest BCUT2D eigenvalue weighted by Gasteiger charge is -2.47. The number of carbonyl (C=O) groups excluding carboxylic acids is 2. The molecule has 5 N–H and O–H groups in total. The number of anilines is 1. The lowest BCUT2D eigenvalue weighted by atomic mass is 9.89. The number of aromatic hydroxyl groups is 1. The van der Waals surface area contributed by atoms with Crippen molar-refractivity contribution in [2.75, 3.05) is 12.4 Å². The Bertz CT molecular complexity index is 1680. The lowest BCUT2D eigenvalue weighted by molar-refractivity contribution is -0.304. The van der Waals surface area contributed by atoms with Gasteiger partial charge in [0, 0.05) is 18.2 Å². The maximum Gasteiger partial charge on any atom is 0.404 e. The van der Waals surface area contributed by atoms with Crippen molar-refractivity contribution in [1.82, 2.24) is 0 Å². The molecule has 0 spiro atoms.